The Morgan fingerprint density at radius 2 is 0.815 bits per heavy atom. The molecule has 0 bridgehead atoms. The van der Waals surface area contributed by atoms with Gasteiger partial charge in [0.05, 0.1) is 6.61 Å². The van der Waals surface area contributed by atoms with Gasteiger partial charge in [-0.1, -0.05) is 129 Å². The molecule has 0 radical (unpaired) electrons. The van der Waals surface area contributed by atoms with Crippen LogP contribution in [0.2, 0.25) is 0 Å². The number of rotatable bonds is 22. The van der Waals surface area contributed by atoms with Crippen molar-refractivity contribution >= 4 is 17.3 Å². The lowest BCUT2D eigenvalue weighted by Gasteiger charge is -2.08. The quantitative estimate of drug-likeness (QED) is 0.133. The van der Waals surface area contributed by atoms with Crippen LogP contribution in [0, 0.1) is 0 Å². The summed E-state index contributed by atoms with van der Waals surface area (Å²) in [5, 5.41) is 0.852. The standard InChI is InChI=1S/C25H50OS/c1-3-5-7-9-11-13-14-16-18-20-22-24-26-25(27)23-21-19-17-15-12-10-8-6-4-2/h3-24H2,1-2H3. The lowest BCUT2D eigenvalue weighted by Crippen LogP contribution is -2.03. The van der Waals surface area contributed by atoms with E-state index in [-0.39, 0.29) is 0 Å². The third kappa shape index (κ3) is 23.9. The number of unbranched alkanes of at least 4 members (excludes halogenated alkanes) is 18. The lowest BCUT2D eigenvalue weighted by molar-refractivity contribution is 0.290. The molecule has 162 valence electrons. The predicted octanol–water partition coefficient (Wildman–Crippen LogP) is 9.56. The SMILES string of the molecule is CCCCCCCCCCCCCOC(=S)CCCCCCCCCCC. The molecule has 0 aromatic rings. The summed E-state index contributed by atoms with van der Waals surface area (Å²) < 4.78 is 5.73. The maximum absolute atomic E-state index is 5.73. The summed E-state index contributed by atoms with van der Waals surface area (Å²) >= 11 is 5.36. The van der Waals surface area contributed by atoms with Crippen molar-refractivity contribution < 1.29 is 4.74 Å². The average molecular weight is 399 g/mol. The van der Waals surface area contributed by atoms with Gasteiger partial charge in [0.15, 0.2) is 5.05 Å². The average Bonchev–Trinajstić information content (AvgIpc) is 2.67. The smallest absolute Gasteiger partial charge is 0.159 e. The Morgan fingerprint density at radius 3 is 1.22 bits per heavy atom. The van der Waals surface area contributed by atoms with Gasteiger partial charge in [-0.2, -0.15) is 0 Å². The molecule has 1 nitrogen and oxygen atoms in total. The first kappa shape index (κ1) is 26.9. The number of ether oxygens (including phenoxy) is 1. The minimum atomic E-state index is 0.841. The maximum atomic E-state index is 5.73. The number of thiocarbonyl (C=S) groups is 1. The van der Waals surface area contributed by atoms with Gasteiger partial charge in [0.1, 0.15) is 0 Å². The number of hydrogen-bond donors (Lipinski definition) is 0. The molecule has 0 amide bonds. The van der Waals surface area contributed by atoms with E-state index in [1.165, 1.54) is 128 Å². The van der Waals surface area contributed by atoms with Gasteiger partial charge in [0.25, 0.3) is 0 Å². The summed E-state index contributed by atoms with van der Waals surface area (Å²) in [6.45, 7) is 5.41. The Balaban J connectivity index is 3.13. The molecule has 0 atom stereocenters. The second kappa shape index (κ2) is 23.9. The minimum Gasteiger partial charge on any atom is -0.487 e. The van der Waals surface area contributed by atoms with Gasteiger partial charge in [-0.3, -0.25) is 0 Å². The minimum absolute atomic E-state index is 0.841. The van der Waals surface area contributed by atoms with Crippen LogP contribution >= 0.6 is 12.2 Å². The Kier molecular flexibility index (Phi) is 23.8. The summed E-state index contributed by atoms with van der Waals surface area (Å²) in [6, 6.07) is 0. The van der Waals surface area contributed by atoms with E-state index in [9.17, 15) is 0 Å². The van der Waals surface area contributed by atoms with Gasteiger partial charge in [0, 0.05) is 6.42 Å². The van der Waals surface area contributed by atoms with E-state index in [1.807, 2.05) is 0 Å². The van der Waals surface area contributed by atoms with Crippen LogP contribution in [0.3, 0.4) is 0 Å². The van der Waals surface area contributed by atoms with Crippen molar-refractivity contribution in [2.75, 3.05) is 6.61 Å². The highest BCUT2D eigenvalue weighted by molar-refractivity contribution is 7.80. The van der Waals surface area contributed by atoms with Crippen molar-refractivity contribution in [3.63, 3.8) is 0 Å². The van der Waals surface area contributed by atoms with Crippen LogP contribution in [0.5, 0.6) is 0 Å². The Bertz CT molecular complexity index is 290. The number of hydrogen-bond acceptors (Lipinski definition) is 2. The predicted molar refractivity (Wildman–Crippen MR) is 127 cm³/mol. The monoisotopic (exact) mass is 398 g/mol. The lowest BCUT2D eigenvalue weighted by atomic mass is 10.1. The van der Waals surface area contributed by atoms with Gasteiger partial charge in [-0.15, -0.1) is 0 Å². The molecule has 0 N–H and O–H groups in total. The topological polar surface area (TPSA) is 9.23 Å². The second-order valence-corrected chi connectivity index (χ2v) is 8.79. The van der Waals surface area contributed by atoms with Gasteiger partial charge >= 0.3 is 0 Å². The van der Waals surface area contributed by atoms with Crippen LogP contribution < -0.4 is 0 Å². The molecule has 0 rings (SSSR count). The largest absolute Gasteiger partial charge is 0.487 e. The van der Waals surface area contributed by atoms with Crippen LogP contribution in [0.15, 0.2) is 0 Å². The van der Waals surface area contributed by atoms with Crippen LogP contribution in [-0.2, 0) is 4.74 Å². The first-order valence-corrected chi connectivity index (χ1v) is 12.9. The summed E-state index contributed by atoms with van der Waals surface area (Å²) in [6.07, 6.45) is 28.5. The Morgan fingerprint density at radius 1 is 0.481 bits per heavy atom. The Labute approximate surface area is 177 Å². The molecule has 0 fully saturated rings. The highest BCUT2D eigenvalue weighted by Gasteiger charge is 1.99. The molecule has 0 aliphatic heterocycles. The molecular formula is C25H50OS. The van der Waals surface area contributed by atoms with E-state index in [0.29, 0.717) is 0 Å². The first-order chi connectivity index (χ1) is 13.3. The molecule has 2 heteroatoms. The molecular weight excluding hydrogens is 348 g/mol. The van der Waals surface area contributed by atoms with E-state index in [1.54, 1.807) is 0 Å². The van der Waals surface area contributed by atoms with Gasteiger partial charge in [-0.05, 0) is 25.1 Å². The molecule has 0 heterocycles. The zero-order valence-corrected chi connectivity index (χ0v) is 19.7. The van der Waals surface area contributed by atoms with Gasteiger partial charge in [0.2, 0.25) is 0 Å². The molecule has 0 aliphatic rings. The van der Waals surface area contributed by atoms with Crippen molar-refractivity contribution in [2.24, 2.45) is 0 Å². The molecule has 0 aromatic heterocycles. The second-order valence-electron chi connectivity index (χ2n) is 8.33. The van der Waals surface area contributed by atoms with Crippen LogP contribution in [0.1, 0.15) is 149 Å². The third-order valence-electron chi connectivity index (χ3n) is 5.50. The fraction of sp³-hybridized carbons (Fsp3) is 0.960. The van der Waals surface area contributed by atoms with E-state index < -0.39 is 0 Å². The fourth-order valence-corrected chi connectivity index (χ4v) is 3.83. The molecule has 0 aromatic carbocycles. The highest BCUT2D eigenvalue weighted by Crippen LogP contribution is 2.13. The fourth-order valence-electron chi connectivity index (χ4n) is 3.60. The van der Waals surface area contributed by atoms with E-state index in [0.717, 1.165) is 18.1 Å². The van der Waals surface area contributed by atoms with Crippen molar-refractivity contribution in [1.29, 1.82) is 0 Å². The molecule has 0 spiro atoms. The van der Waals surface area contributed by atoms with E-state index in [4.69, 9.17) is 17.0 Å². The van der Waals surface area contributed by atoms with Crippen LogP contribution in [0.25, 0.3) is 0 Å². The summed E-state index contributed by atoms with van der Waals surface area (Å²) in [7, 11) is 0. The normalized spacial score (nSPS) is 11.0. The van der Waals surface area contributed by atoms with Crippen LogP contribution in [0.4, 0.5) is 0 Å². The zero-order valence-electron chi connectivity index (χ0n) is 18.9. The van der Waals surface area contributed by atoms with Crippen LogP contribution in [-0.4, -0.2) is 11.7 Å². The van der Waals surface area contributed by atoms with Gasteiger partial charge < -0.3 is 4.74 Å². The summed E-state index contributed by atoms with van der Waals surface area (Å²) in [5.41, 5.74) is 0. The molecule has 0 aliphatic carbocycles. The molecule has 0 unspecified atom stereocenters. The van der Waals surface area contributed by atoms with E-state index in [2.05, 4.69) is 13.8 Å². The first-order valence-electron chi connectivity index (χ1n) is 12.5. The molecule has 0 saturated heterocycles. The van der Waals surface area contributed by atoms with Gasteiger partial charge in [-0.25, -0.2) is 0 Å². The third-order valence-corrected chi connectivity index (χ3v) is 5.82. The zero-order chi connectivity index (χ0) is 19.8. The summed E-state index contributed by atoms with van der Waals surface area (Å²) in [5.74, 6) is 0. The van der Waals surface area contributed by atoms with Crippen molar-refractivity contribution in [3.05, 3.63) is 0 Å². The molecule has 0 saturated carbocycles. The van der Waals surface area contributed by atoms with Crippen molar-refractivity contribution in [2.45, 2.75) is 149 Å². The Hall–Kier alpha value is -0.110. The highest BCUT2D eigenvalue weighted by atomic mass is 32.1. The van der Waals surface area contributed by atoms with E-state index >= 15 is 0 Å². The van der Waals surface area contributed by atoms with Crippen molar-refractivity contribution in [1.82, 2.24) is 0 Å². The molecule has 27 heavy (non-hydrogen) atoms. The summed E-state index contributed by atoms with van der Waals surface area (Å²) in [4.78, 5) is 0. The maximum Gasteiger partial charge on any atom is 0.159 e. The van der Waals surface area contributed by atoms with Crippen molar-refractivity contribution in [3.8, 4) is 0 Å².